The maximum Gasteiger partial charge on any atom is 0.338 e. The molecule has 0 saturated heterocycles. The van der Waals surface area contributed by atoms with Crippen LogP contribution >= 0.6 is 0 Å². The van der Waals surface area contributed by atoms with E-state index in [4.69, 9.17) is 9.47 Å². The largest absolute Gasteiger partial charge is 0.489 e. The summed E-state index contributed by atoms with van der Waals surface area (Å²) in [6.07, 6.45) is 1.52. The van der Waals surface area contributed by atoms with Crippen molar-refractivity contribution >= 4 is 11.7 Å². The highest BCUT2D eigenvalue weighted by Crippen LogP contribution is 2.27. The monoisotopic (exact) mass is 417 g/mol. The van der Waals surface area contributed by atoms with E-state index >= 15 is 0 Å². The average molecular weight is 418 g/mol. The van der Waals surface area contributed by atoms with Gasteiger partial charge in [-0.3, -0.25) is 0 Å². The van der Waals surface area contributed by atoms with E-state index in [9.17, 15) is 4.79 Å². The van der Waals surface area contributed by atoms with Gasteiger partial charge >= 0.3 is 5.97 Å². The van der Waals surface area contributed by atoms with Crippen LogP contribution in [-0.4, -0.2) is 25.7 Å². The number of carbonyl (C=O) groups excluding carboxylic acids is 1. The van der Waals surface area contributed by atoms with Gasteiger partial charge in [0.25, 0.3) is 0 Å². The molecule has 0 aliphatic heterocycles. The molecule has 0 N–H and O–H groups in total. The van der Waals surface area contributed by atoms with E-state index in [1.807, 2.05) is 36.4 Å². The summed E-state index contributed by atoms with van der Waals surface area (Å²) >= 11 is 0. The molecule has 0 amide bonds. The Labute approximate surface area is 185 Å². The first-order valence-corrected chi connectivity index (χ1v) is 11.0. The van der Waals surface area contributed by atoms with Gasteiger partial charge in [-0.1, -0.05) is 48.5 Å². The Morgan fingerprint density at radius 1 is 0.871 bits per heavy atom. The van der Waals surface area contributed by atoms with Gasteiger partial charge in [0.2, 0.25) is 0 Å². The van der Waals surface area contributed by atoms with Gasteiger partial charge in [-0.2, -0.15) is 0 Å². The quantitative estimate of drug-likeness (QED) is 0.288. The number of benzene rings is 3. The van der Waals surface area contributed by atoms with Crippen LogP contribution in [0.5, 0.6) is 5.75 Å². The molecule has 0 heterocycles. The summed E-state index contributed by atoms with van der Waals surface area (Å²) in [4.78, 5) is 14.5. The lowest BCUT2D eigenvalue weighted by molar-refractivity contribution is 0.0500. The van der Waals surface area contributed by atoms with Crippen molar-refractivity contribution in [2.24, 2.45) is 0 Å². The van der Waals surface area contributed by atoms with Gasteiger partial charge in [-0.15, -0.1) is 0 Å². The van der Waals surface area contributed by atoms with Gasteiger partial charge in [0.1, 0.15) is 12.4 Å². The second-order valence-corrected chi connectivity index (χ2v) is 7.34. The molecule has 31 heavy (non-hydrogen) atoms. The minimum absolute atomic E-state index is 0.280. The van der Waals surface area contributed by atoms with Gasteiger partial charge in [0.15, 0.2) is 0 Å². The van der Waals surface area contributed by atoms with Crippen LogP contribution in [0.2, 0.25) is 0 Å². The first-order valence-electron chi connectivity index (χ1n) is 11.0. The summed E-state index contributed by atoms with van der Waals surface area (Å²) in [5.74, 6) is 0.604. The van der Waals surface area contributed by atoms with Crippen LogP contribution in [-0.2, 0) is 17.8 Å². The third-order valence-electron chi connectivity index (χ3n) is 5.24. The van der Waals surface area contributed by atoms with Gasteiger partial charge in [0.05, 0.1) is 12.2 Å². The molecule has 3 aromatic rings. The molecule has 0 saturated carbocycles. The number of anilines is 1. The van der Waals surface area contributed by atoms with Crippen molar-refractivity contribution < 1.29 is 14.3 Å². The lowest BCUT2D eigenvalue weighted by atomic mass is 10.1. The number of ether oxygens (including phenoxy) is 2. The van der Waals surface area contributed by atoms with Crippen LogP contribution < -0.4 is 9.64 Å². The van der Waals surface area contributed by atoms with Crippen molar-refractivity contribution in [2.75, 3.05) is 24.6 Å². The fourth-order valence-corrected chi connectivity index (χ4v) is 3.51. The first kappa shape index (κ1) is 22.4. The molecule has 0 aliphatic carbocycles. The highest BCUT2D eigenvalue weighted by molar-refractivity contribution is 5.89. The third-order valence-corrected chi connectivity index (χ3v) is 5.24. The molecule has 0 radical (unpaired) electrons. The summed E-state index contributed by atoms with van der Waals surface area (Å²) < 4.78 is 11.6. The van der Waals surface area contributed by atoms with Crippen molar-refractivity contribution in [2.45, 2.75) is 33.3 Å². The minimum Gasteiger partial charge on any atom is -0.489 e. The lowest BCUT2D eigenvalue weighted by Gasteiger charge is -2.23. The molecular formula is C27H31NO3. The van der Waals surface area contributed by atoms with E-state index < -0.39 is 0 Å². The zero-order valence-corrected chi connectivity index (χ0v) is 18.4. The standard InChI is InChI=1S/C27H31NO3/c1-3-28(4-2)25-17-18-26(31-21-22-12-7-5-8-13-22)24(20-25)16-11-19-30-27(29)23-14-9-6-10-15-23/h5-10,12-15,17-18,20H,3-4,11,16,19,21H2,1-2H3. The summed E-state index contributed by atoms with van der Waals surface area (Å²) in [6.45, 7) is 7.13. The van der Waals surface area contributed by atoms with Crippen LogP contribution in [0.15, 0.2) is 78.9 Å². The zero-order chi connectivity index (χ0) is 21.9. The molecule has 0 aromatic heterocycles. The molecule has 3 aromatic carbocycles. The SMILES string of the molecule is CCN(CC)c1ccc(OCc2ccccc2)c(CCCOC(=O)c2ccccc2)c1. The highest BCUT2D eigenvalue weighted by atomic mass is 16.5. The summed E-state index contributed by atoms with van der Waals surface area (Å²) in [5, 5.41) is 0. The van der Waals surface area contributed by atoms with E-state index in [-0.39, 0.29) is 5.97 Å². The van der Waals surface area contributed by atoms with Crippen LogP contribution in [0.25, 0.3) is 0 Å². The van der Waals surface area contributed by atoms with E-state index in [2.05, 4.69) is 49.1 Å². The smallest absolute Gasteiger partial charge is 0.338 e. The Morgan fingerprint density at radius 3 is 2.23 bits per heavy atom. The molecule has 0 fully saturated rings. The highest BCUT2D eigenvalue weighted by Gasteiger charge is 2.11. The Balaban J connectivity index is 1.64. The Morgan fingerprint density at radius 2 is 1.55 bits per heavy atom. The number of rotatable bonds is 11. The van der Waals surface area contributed by atoms with Crippen molar-refractivity contribution in [3.8, 4) is 5.75 Å². The Bertz CT molecular complexity index is 937. The Kier molecular flexibility index (Phi) is 8.53. The fraction of sp³-hybridized carbons (Fsp3) is 0.296. The molecule has 162 valence electrons. The number of carbonyl (C=O) groups is 1. The van der Waals surface area contributed by atoms with Crippen LogP contribution in [0.4, 0.5) is 5.69 Å². The van der Waals surface area contributed by atoms with Crippen molar-refractivity contribution in [3.63, 3.8) is 0 Å². The molecule has 0 atom stereocenters. The normalized spacial score (nSPS) is 10.5. The molecular weight excluding hydrogens is 386 g/mol. The zero-order valence-electron chi connectivity index (χ0n) is 18.4. The number of nitrogens with zero attached hydrogens (tertiary/aromatic N) is 1. The second-order valence-electron chi connectivity index (χ2n) is 7.34. The molecule has 0 unspecified atom stereocenters. The van der Waals surface area contributed by atoms with E-state index in [0.29, 0.717) is 18.8 Å². The lowest BCUT2D eigenvalue weighted by Crippen LogP contribution is -2.21. The van der Waals surface area contributed by atoms with Gasteiger partial charge in [0, 0.05) is 18.8 Å². The van der Waals surface area contributed by atoms with Gasteiger partial charge in [-0.05, 0) is 68.1 Å². The first-order chi connectivity index (χ1) is 15.2. The fourth-order valence-electron chi connectivity index (χ4n) is 3.51. The Hall–Kier alpha value is -3.27. The predicted octanol–water partition coefficient (Wildman–Crippen LogP) is 5.90. The topological polar surface area (TPSA) is 38.8 Å². The number of aryl methyl sites for hydroxylation is 1. The molecule has 0 spiro atoms. The maximum absolute atomic E-state index is 12.1. The van der Waals surface area contributed by atoms with Crippen LogP contribution in [0.3, 0.4) is 0 Å². The molecule has 3 rings (SSSR count). The number of hydrogen-bond donors (Lipinski definition) is 0. The number of hydrogen-bond acceptors (Lipinski definition) is 4. The third kappa shape index (κ3) is 6.61. The van der Waals surface area contributed by atoms with Gasteiger partial charge in [-0.25, -0.2) is 4.79 Å². The van der Waals surface area contributed by atoms with Crippen molar-refractivity contribution in [3.05, 3.63) is 95.6 Å². The molecule has 0 bridgehead atoms. The van der Waals surface area contributed by atoms with Crippen molar-refractivity contribution in [1.29, 1.82) is 0 Å². The second kappa shape index (κ2) is 11.8. The summed E-state index contributed by atoms with van der Waals surface area (Å²) in [7, 11) is 0. The average Bonchev–Trinajstić information content (AvgIpc) is 2.83. The number of esters is 1. The maximum atomic E-state index is 12.1. The van der Waals surface area contributed by atoms with E-state index in [1.165, 1.54) is 5.69 Å². The van der Waals surface area contributed by atoms with Gasteiger partial charge < -0.3 is 14.4 Å². The predicted molar refractivity (Wildman–Crippen MR) is 126 cm³/mol. The van der Waals surface area contributed by atoms with Crippen LogP contribution in [0.1, 0.15) is 41.8 Å². The summed E-state index contributed by atoms with van der Waals surface area (Å²) in [5.41, 5.74) is 4.04. The van der Waals surface area contributed by atoms with Crippen LogP contribution in [0, 0.1) is 0 Å². The minimum atomic E-state index is -0.280. The van der Waals surface area contributed by atoms with E-state index in [1.54, 1.807) is 12.1 Å². The van der Waals surface area contributed by atoms with Crippen molar-refractivity contribution in [1.82, 2.24) is 0 Å². The van der Waals surface area contributed by atoms with E-state index in [0.717, 1.165) is 42.8 Å². The molecule has 4 nitrogen and oxygen atoms in total. The molecule has 0 aliphatic rings. The summed E-state index contributed by atoms with van der Waals surface area (Å²) in [6, 6.07) is 25.6. The molecule has 4 heteroatoms.